The third-order valence-electron chi connectivity index (χ3n) is 5.65. The molecule has 2 aliphatic carbocycles. The molecule has 1 unspecified atom stereocenters. The predicted molar refractivity (Wildman–Crippen MR) is 71.8 cm³/mol. The standard InChI is InChI=1S/C16H26O/c1-12-6-7-14-15(2,3)9-5-10-16(14,4)13(12)8-11-17/h11,13-14H,1,5-10H2,2-4H3/t13-,14?,16+/m0/s1. The number of carbonyl (C=O) groups is 1. The number of fused-ring (bicyclic) bond motifs is 1. The minimum Gasteiger partial charge on any atom is -0.303 e. The second kappa shape index (κ2) is 4.26. The molecule has 0 aromatic carbocycles. The lowest BCUT2D eigenvalue weighted by molar-refractivity contribution is -0.112. The van der Waals surface area contributed by atoms with Crippen LogP contribution in [0.15, 0.2) is 12.2 Å². The van der Waals surface area contributed by atoms with Crippen LogP contribution in [0.2, 0.25) is 0 Å². The van der Waals surface area contributed by atoms with Crippen LogP contribution in [0.5, 0.6) is 0 Å². The van der Waals surface area contributed by atoms with Gasteiger partial charge in [-0.2, -0.15) is 0 Å². The summed E-state index contributed by atoms with van der Waals surface area (Å²) in [6.45, 7) is 11.5. The van der Waals surface area contributed by atoms with Crippen molar-refractivity contribution >= 4 is 6.29 Å². The summed E-state index contributed by atoms with van der Waals surface area (Å²) >= 11 is 0. The molecular weight excluding hydrogens is 208 g/mol. The zero-order valence-electron chi connectivity index (χ0n) is 11.6. The molecule has 0 heterocycles. The molecule has 0 amide bonds. The van der Waals surface area contributed by atoms with Crippen LogP contribution in [0, 0.1) is 22.7 Å². The first-order valence-corrected chi connectivity index (χ1v) is 7.03. The molecule has 2 saturated carbocycles. The Morgan fingerprint density at radius 1 is 1.35 bits per heavy atom. The molecule has 3 atom stereocenters. The van der Waals surface area contributed by atoms with Gasteiger partial charge in [-0.3, -0.25) is 0 Å². The topological polar surface area (TPSA) is 17.1 Å². The highest BCUT2D eigenvalue weighted by molar-refractivity contribution is 5.51. The van der Waals surface area contributed by atoms with Gasteiger partial charge in [-0.05, 0) is 48.3 Å². The van der Waals surface area contributed by atoms with E-state index in [-0.39, 0.29) is 0 Å². The van der Waals surface area contributed by atoms with E-state index in [1.165, 1.54) is 31.3 Å². The molecule has 0 aromatic heterocycles. The van der Waals surface area contributed by atoms with Gasteiger partial charge < -0.3 is 4.79 Å². The molecule has 0 aliphatic heterocycles. The van der Waals surface area contributed by atoms with Crippen molar-refractivity contribution in [2.75, 3.05) is 0 Å². The molecule has 2 aliphatic rings. The van der Waals surface area contributed by atoms with E-state index in [9.17, 15) is 4.79 Å². The van der Waals surface area contributed by atoms with Crippen molar-refractivity contribution < 1.29 is 4.79 Å². The molecule has 0 saturated heterocycles. The number of carbonyl (C=O) groups excluding carboxylic acids is 1. The van der Waals surface area contributed by atoms with Gasteiger partial charge in [0.15, 0.2) is 0 Å². The Bertz CT molecular complexity index is 328. The molecular formula is C16H26O. The third-order valence-corrected chi connectivity index (χ3v) is 5.65. The second-order valence-corrected chi connectivity index (χ2v) is 7.05. The summed E-state index contributed by atoms with van der Waals surface area (Å²) in [5.41, 5.74) is 2.08. The van der Waals surface area contributed by atoms with Gasteiger partial charge in [-0.1, -0.05) is 39.3 Å². The Morgan fingerprint density at radius 2 is 2.06 bits per heavy atom. The fourth-order valence-corrected chi connectivity index (χ4v) is 4.81. The summed E-state index contributed by atoms with van der Waals surface area (Å²) in [6, 6.07) is 0. The van der Waals surface area contributed by atoms with Crippen molar-refractivity contribution in [2.45, 2.75) is 59.3 Å². The van der Waals surface area contributed by atoms with Crippen molar-refractivity contribution in [3.05, 3.63) is 12.2 Å². The van der Waals surface area contributed by atoms with Gasteiger partial charge in [-0.15, -0.1) is 0 Å². The average molecular weight is 234 g/mol. The van der Waals surface area contributed by atoms with E-state index in [4.69, 9.17) is 0 Å². The van der Waals surface area contributed by atoms with Crippen molar-refractivity contribution in [1.82, 2.24) is 0 Å². The number of rotatable bonds is 2. The lowest BCUT2D eigenvalue weighted by Crippen LogP contribution is -2.49. The molecule has 96 valence electrons. The summed E-state index contributed by atoms with van der Waals surface area (Å²) in [5, 5.41) is 0. The Labute approximate surface area is 106 Å². The largest absolute Gasteiger partial charge is 0.303 e. The quantitative estimate of drug-likeness (QED) is 0.512. The molecule has 2 fully saturated rings. The monoisotopic (exact) mass is 234 g/mol. The predicted octanol–water partition coefficient (Wildman–Crippen LogP) is 4.37. The van der Waals surface area contributed by atoms with Crippen LogP contribution in [0.4, 0.5) is 0 Å². The first-order valence-electron chi connectivity index (χ1n) is 7.03. The molecule has 17 heavy (non-hydrogen) atoms. The van der Waals surface area contributed by atoms with Gasteiger partial charge in [0.25, 0.3) is 0 Å². The van der Waals surface area contributed by atoms with Gasteiger partial charge in [0.2, 0.25) is 0 Å². The van der Waals surface area contributed by atoms with Gasteiger partial charge in [0.1, 0.15) is 6.29 Å². The van der Waals surface area contributed by atoms with Crippen LogP contribution in [0.3, 0.4) is 0 Å². The van der Waals surface area contributed by atoms with E-state index >= 15 is 0 Å². The number of aldehydes is 1. The number of hydrogen-bond acceptors (Lipinski definition) is 1. The molecule has 0 radical (unpaired) electrons. The fourth-order valence-electron chi connectivity index (χ4n) is 4.81. The van der Waals surface area contributed by atoms with Crippen LogP contribution in [-0.4, -0.2) is 6.29 Å². The lowest BCUT2D eigenvalue weighted by Gasteiger charge is -2.57. The van der Waals surface area contributed by atoms with Crippen LogP contribution in [0.1, 0.15) is 59.3 Å². The highest BCUT2D eigenvalue weighted by Crippen LogP contribution is 2.61. The van der Waals surface area contributed by atoms with E-state index in [0.717, 1.165) is 18.6 Å². The smallest absolute Gasteiger partial charge is 0.120 e. The Kier molecular flexibility index (Phi) is 3.22. The molecule has 0 aromatic rings. The average Bonchev–Trinajstić information content (AvgIpc) is 2.22. The summed E-state index contributed by atoms with van der Waals surface area (Å²) in [6.07, 6.45) is 8.11. The molecule has 0 spiro atoms. The van der Waals surface area contributed by atoms with Crippen molar-refractivity contribution in [3.8, 4) is 0 Å². The summed E-state index contributed by atoms with van der Waals surface area (Å²) in [5.74, 6) is 1.19. The Hall–Kier alpha value is -0.590. The summed E-state index contributed by atoms with van der Waals surface area (Å²) in [4.78, 5) is 11.0. The molecule has 2 rings (SSSR count). The highest BCUT2D eigenvalue weighted by Gasteiger charge is 2.52. The van der Waals surface area contributed by atoms with Gasteiger partial charge >= 0.3 is 0 Å². The van der Waals surface area contributed by atoms with E-state index in [0.29, 0.717) is 23.2 Å². The number of hydrogen-bond donors (Lipinski definition) is 0. The first-order chi connectivity index (χ1) is 7.92. The number of allylic oxidation sites excluding steroid dienone is 1. The Morgan fingerprint density at radius 3 is 2.71 bits per heavy atom. The van der Waals surface area contributed by atoms with E-state index in [1.807, 2.05) is 0 Å². The SMILES string of the molecule is C=C1CCC2C(C)(C)CCC[C@]2(C)[C@H]1CC=O. The van der Waals surface area contributed by atoms with Gasteiger partial charge in [0.05, 0.1) is 0 Å². The second-order valence-electron chi connectivity index (χ2n) is 7.05. The summed E-state index contributed by atoms with van der Waals surface area (Å²) < 4.78 is 0. The first kappa shape index (κ1) is 12.9. The maximum atomic E-state index is 11.0. The minimum atomic E-state index is 0.317. The van der Waals surface area contributed by atoms with E-state index in [2.05, 4.69) is 27.4 Å². The normalized spacial score (nSPS) is 40.8. The maximum absolute atomic E-state index is 11.0. The van der Waals surface area contributed by atoms with Crippen LogP contribution < -0.4 is 0 Å². The van der Waals surface area contributed by atoms with E-state index < -0.39 is 0 Å². The minimum absolute atomic E-state index is 0.317. The van der Waals surface area contributed by atoms with Crippen LogP contribution >= 0.6 is 0 Å². The molecule has 0 N–H and O–H groups in total. The molecule has 1 heteroatoms. The van der Waals surface area contributed by atoms with Crippen molar-refractivity contribution in [1.29, 1.82) is 0 Å². The Balaban J connectivity index is 2.34. The van der Waals surface area contributed by atoms with Crippen molar-refractivity contribution in [2.24, 2.45) is 22.7 Å². The van der Waals surface area contributed by atoms with Crippen molar-refractivity contribution in [3.63, 3.8) is 0 Å². The van der Waals surface area contributed by atoms with Crippen LogP contribution in [0.25, 0.3) is 0 Å². The van der Waals surface area contributed by atoms with E-state index in [1.54, 1.807) is 0 Å². The maximum Gasteiger partial charge on any atom is 0.120 e. The molecule has 0 bridgehead atoms. The third kappa shape index (κ3) is 1.98. The van der Waals surface area contributed by atoms with Crippen LogP contribution in [-0.2, 0) is 4.79 Å². The van der Waals surface area contributed by atoms with Gasteiger partial charge in [-0.25, -0.2) is 0 Å². The zero-order chi connectivity index (χ0) is 12.7. The summed E-state index contributed by atoms with van der Waals surface area (Å²) in [7, 11) is 0. The lowest BCUT2D eigenvalue weighted by atomic mass is 9.47. The van der Waals surface area contributed by atoms with Gasteiger partial charge in [0, 0.05) is 6.42 Å². The zero-order valence-corrected chi connectivity index (χ0v) is 11.6. The highest BCUT2D eigenvalue weighted by atomic mass is 16.1. The fraction of sp³-hybridized carbons (Fsp3) is 0.812. The molecule has 1 nitrogen and oxygen atoms in total.